The summed E-state index contributed by atoms with van der Waals surface area (Å²) in [6.07, 6.45) is 0.728. The van der Waals surface area contributed by atoms with Crippen LogP contribution in [0, 0.1) is 0 Å². The Morgan fingerprint density at radius 3 is 2.69 bits per heavy atom. The van der Waals surface area contributed by atoms with Crippen molar-refractivity contribution in [3.05, 3.63) is 35.4 Å². The average Bonchev–Trinajstić information content (AvgIpc) is 2.16. The third-order valence-electron chi connectivity index (χ3n) is 1.89. The number of carbonyl (C=O) groups is 1. The summed E-state index contributed by atoms with van der Waals surface area (Å²) in [7, 11) is 0. The second kappa shape index (κ2) is 4.28. The van der Waals surface area contributed by atoms with Crippen LogP contribution in [-0.2, 0) is 0 Å². The highest BCUT2D eigenvalue weighted by Crippen LogP contribution is 2.26. The van der Waals surface area contributed by atoms with Crippen molar-refractivity contribution in [1.29, 1.82) is 0 Å². The lowest BCUT2D eigenvalue weighted by atomic mass is 10.0. The molecule has 1 unspecified atom stereocenters. The van der Waals surface area contributed by atoms with E-state index in [0.29, 0.717) is 11.1 Å². The highest BCUT2D eigenvalue weighted by molar-refractivity contribution is 6.21. The molecule has 0 aliphatic carbocycles. The fraction of sp³-hybridized carbons (Fsp3) is 0.300. The van der Waals surface area contributed by atoms with Gasteiger partial charge in [-0.1, -0.05) is 25.1 Å². The molecule has 13 heavy (non-hydrogen) atoms. The number of benzene rings is 1. The molecule has 0 saturated heterocycles. The SMILES string of the molecule is CCC(Cl)c1ccccc1C(=O)O. The Bertz CT molecular complexity index is 310. The van der Waals surface area contributed by atoms with E-state index < -0.39 is 5.97 Å². The molecule has 1 aromatic carbocycles. The molecule has 0 aliphatic heterocycles. The van der Waals surface area contributed by atoms with E-state index in [-0.39, 0.29) is 5.38 Å². The monoisotopic (exact) mass is 198 g/mol. The number of hydrogen-bond acceptors (Lipinski definition) is 1. The van der Waals surface area contributed by atoms with Gasteiger partial charge in [-0.15, -0.1) is 11.6 Å². The Balaban J connectivity index is 3.11. The zero-order chi connectivity index (χ0) is 9.84. The zero-order valence-electron chi connectivity index (χ0n) is 7.33. The number of hydrogen-bond donors (Lipinski definition) is 1. The van der Waals surface area contributed by atoms with Crippen molar-refractivity contribution >= 4 is 17.6 Å². The molecule has 1 rings (SSSR count). The predicted octanol–water partition coefficient (Wildman–Crippen LogP) is 3.07. The first-order chi connectivity index (χ1) is 6.16. The topological polar surface area (TPSA) is 37.3 Å². The maximum Gasteiger partial charge on any atom is 0.336 e. The summed E-state index contributed by atoms with van der Waals surface area (Å²) in [6.45, 7) is 1.93. The summed E-state index contributed by atoms with van der Waals surface area (Å²) in [4.78, 5) is 10.8. The molecule has 0 aromatic heterocycles. The zero-order valence-corrected chi connectivity index (χ0v) is 8.08. The van der Waals surface area contributed by atoms with Crippen molar-refractivity contribution in [3.63, 3.8) is 0 Å². The molecule has 70 valence electrons. The van der Waals surface area contributed by atoms with Gasteiger partial charge in [0, 0.05) is 0 Å². The number of halogens is 1. The Morgan fingerprint density at radius 2 is 2.15 bits per heavy atom. The largest absolute Gasteiger partial charge is 0.478 e. The van der Waals surface area contributed by atoms with Crippen LogP contribution in [0.15, 0.2) is 24.3 Å². The van der Waals surface area contributed by atoms with Gasteiger partial charge >= 0.3 is 5.97 Å². The van der Waals surface area contributed by atoms with Crippen molar-refractivity contribution in [3.8, 4) is 0 Å². The Hall–Kier alpha value is -1.02. The van der Waals surface area contributed by atoms with Crippen LogP contribution in [0.4, 0.5) is 0 Å². The molecule has 0 bridgehead atoms. The summed E-state index contributed by atoms with van der Waals surface area (Å²) >= 11 is 5.98. The van der Waals surface area contributed by atoms with Gasteiger partial charge in [0.1, 0.15) is 0 Å². The first kappa shape index (κ1) is 10.1. The molecule has 0 amide bonds. The minimum absolute atomic E-state index is 0.215. The second-order valence-electron chi connectivity index (χ2n) is 2.77. The highest BCUT2D eigenvalue weighted by atomic mass is 35.5. The molecule has 0 heterocycles. The van der Waals surface area contributed by atoms with Crippen LogP contribution in [0.2, 0.25) is 0 Å². The summed E-state index contributed by atoms with van der Waals surface area (Å²) in [5.41, 5.74) is 0.989. The van der Waals surface area contributed by atoms with Crippen molar-refractivity contribution in [2.45, 2.75) is 18.7 Å². The fourth-order valence-electron chi connectivity index (χ4n) is 1.18. The van der Waals surface area contributed by atoms with Crippen LogP contribution in [0.25, 0.3) is 0 Å². The van der Waals surface area contributed by atoms with E-state index in [9.17, 15) is 4.79 Å². The second-order valence-corrected chi connectivity index (χ2v) is 3.30. The molecule has 1 N–H and O–H groups in total. The van der Waals surface area contributed by atoms with Crippen LogP contribution < -0.4 is 0 Å². The van der Waals surface area contributed by atoms with Crippen LogP contribution in [0.1, 0.15) is 34.6 Å². The van der Waals surface area contributed by atoms with Gasteiger partial charge in [-0.25, -0.2) is 4.79 Å². The Morgan fingerprint density at radius 1 is 1.54 bits per heavy atom. The van der Waals surface area contributed by atoms with Crippen LogP contribution in [0.3, 0.4) is 0 Å². The van der Waals surface area contributed by atoms with Gasteiger partial charge in [0.2, 0.25) is 0 Å². The van der Waals surface area contributed by atoms with Crippen molar-refractivity contribution in [1.82, 2.24) is 0 Å². The van der Waals surface area contributed by atoms with E-state index in [1.807, 2.05) is 6.92 Å². The highest BCUT2D eigenvalue weighted by Gasteiger charge is 2.14. The molecular formula is C10H11ClO2. The number of alkyl halides is 1. The summed E-state index contributed by atoms with van der Waals surface area (Å²) < 4.78 is 0. The number of carboxylic acids is 1. The third kappa shape index (κ3) is 2.22. The van der Waals surface area contributed by atoms with Crippen LogP contribution >= 0.6 is 11.6 Å². The lowest BCUT2D eigenvalue weighted by Gasteiger charge is -2.09. The fourth-order valence-corrected chi connectivity index (χ4v) is 1.38. The molecule has 1 aromatic rings. The summed E-state index contributed by atoms with van der Waals surface area (Å²) in [5.74, 6) is -0.922. The van der Waals surface area contributed by atoms with E-state index in [1.54, 1.807) is 24.3 Å². The van der Waals surface area contributed by atoms with E-state index in [0.717, 1.165) is 6.42 Å². The lowest BCUT2D eigenvalue weighted by molar-refractivity contribution is 0.0695. The molecule has 1 atom stereocenters. The van der Waals surface area contributed by atoms with Gasteiger partial charge in [0.05, 0.1) is 10.9 Å². The van der Waals surface area contributed by atoms with Crippen molar-refractivity contribution in [2.75, 3.05) is 0 Å². The van der Waals surface area contributed by atoms with Gasteiger partial charge in [0.25, 0.3) is 0 Å². The Labute approximate surface area is 82.2 Å². The minimum Gasteiger partial charge on any atom is -0.478 e. The lowest BCUT2D eigenvalue weighted by Crippen LogP contribution is -2.03. The molecule has 0 fully saturated rings. The summed E-state index contributed by atoms with van der Waals surface area (Å²) in [6, 6.07) is 6.83. The standard InChI is InChI=1S/C10H11ClO2/c1-2-9(11)7-5-3-4-6-8(7)10(12)13/h3-6,9H,2H2,1H3,(H,12,13). The van der Waals surface area contributed by atoms with Crippen LogP contribution in [0.5, 0.6) is 0 Å². The van der Waals surface area contributed by atoms with E-state index >= 15 is 0 Å². The normalized spacial score (nSPS) is 12.5. The predicted molar refractivity (Wildman–Crippen MR) is 52.3 cm³/mol. The van der Waals surface area contributed by atoms with Crippen molar-refractivity contribution in [2.24, 2.45) is 0 Å². The molecule has 0 aliphatic rings. The van der Waals surface area contributed by atoms with Gasteiger partial charge in [0.15, 0.2) is 0 Å². The summed E-state index contributed by atoms with van der Waals surface area (Å²) in [5, 5.41) is 8.64. The number of rotatable bonds is 3. The first-order valence-electron chi connectivity index (χ1n) is 4.13. The maximum absolute atomic E-state index is 10.8. The minimum atomic E-state index is -0.922. The van der Waals surface area contributed by atoms with Gasteiger partial charge in [-0.05, 0) is 18.1 Å². The quantitative estimate of drug-likeness (QED) is 0.758. The van der Waals surface area contributed by atoms with Crippen molar-refractivity contribution < 1.29 is 9.90 Å². The number of aromatic carboxylic acids is 1. The average molecular weight is 199 g/mol. The first-order valence-corrected chi connectivity index (χ1v) is 4.56. The number of carboxylic acid groups (broad SMARTS) is 1. The van der Waals surface area contributed by atoms with Gasteiger partial charge < -0.3 is 5.11 Å². The third-order valence-corrected chi connectivity index (χ3v) is 2.43. The van der Waals surface area contributed by atoms with Gasteiger partial charge in [-0.3, -0.25) is 0 Å². The molecule has 2 nitrogen and oxygen atoms in total. The van der Waals surface area contributed by atoms with E-state index in [1.165, 1.54) is 0 Å². The molecule has 0 spiro atoms. The maximum atomic E-state index is 10.8. The van der Waals surface area contributed by atoms with Crippen LogP contribution in [-0.4, -0.2) is 11.1 Å². The molecule has 3 heteroatoms. The van der Waals surface area contributed by atoms with Gasteiger partial charge in [-0.2, -0.15) is 0 Å². The van der Waals surface area contributed by atoms with E-state index in [2.05, 4.69) is 0 Å². The molecule has 0 radical (unpaired) electrons. The smallest absolute Gasteiger partial charge is 0.336 e. The Kier molecular flexibility index (Phi) is 3.32. The molecular weight excluding hydrogens is 188 g/mol. The molecule has 0 saturated carbocycles. The van der Waals surface area contributed by atoms with E-state index in [4.69, 9.17) is 16.7 Å².